The monoisotopic (exact) mass is 325 g/mol. The van der Waals surface area contributed by atoms with Gasteiger partial charge in [0.1, 0.15) is 0 Å². The van der Waals surface area contributed by atoms with Crippen LogP contribution in [0.5, 0.6) is 0 Å². The minimum Gasteiger partial charge on any atom is -0.320 e. The Hall–Kier alpha value is -1.43. The Kier molecular flexibility index (Phi) is 6.81. The first-order valence-electron chi connectivity index (χ1n) is 6.69. The first kappa shape index (κ1) is 17.6. The predicted molar refractivity (Wildman–Crippen MR) is 91.0 cm³/mol. The highest BCUT2D eigenvalue weighted by molar-refractivity contribution is 7.14. The summed E-state index contributed by atoms with van der Waals surface area (Å²) in [5, 5.41) is 5.30. The molecule has 0 bridgehead atoms. The molecule has 1 unspecified atom stereocenters. The van der Waals surface area contributed by atoms with E-state index < -0.39 is 6.04 Å². The summed E-state index contributed by atoms with van der Waals surface area (Å²) < 4.78 is 0. The van der Waals surface area contributed by atoms with E-state index in [1.54, 1.807) is 0 Å². The fourth-order valence-electron chi connectivity index (χ4n) is 1.83. The van der Waals surface area contributed by atoms with Gasteiger partial charge in [-0.2, -0.15) is 0 Å². The molecule has 6 heteroatoms. The van der Waals surface area contributed by atoms with Crippen LogP contribution in [0.1, 0.15) is 25.3 Å². The number of amides is 1. The van der Waals surface area contributed by atoms with Gasteiger partial charge >= 0.3 is 0 Å². The molecule has 1 atom stereocenters. The first-order valence-corrected chi connectivity index (χ1v) is 7.57. The largest absolute Gasteiger partial charge is 0.320 e. The minimum absolute atomic E-state index is 0. The maximum absolute atomic E-state index is 11.8. The lowest BCUT2D eigenvalue weighted by Gasteiger charge is -2.08. The molecule has 1 heterocycles. The molecule has 21 heavy (non-hydrogen) atoms. The van der Waals surface area contributed by atoms with Crippen molar-refractivity contribution in [1.82, 2.24) is 4.98 Å². The summed E-state index contributed by atoms with van der Waals surface area (Å²) in [6.07, 6.45) is 1.57. The van der Waals surface area contributed by atoms with Crippen molar-refractivity contribution in [3.63, 3.8) is 0 Å². The number of carbonyl (C=O) groups excluding carboxylic acids is 1. The normalized spacial score (nSPS) is 11.6. The van der Waals surface area contributed by atoms with Gasteiger partial charge in [0.05, 0.1) is 11.7 Å². The quantitative estimate of drug-likeness (QED) is 0.882. The number of thiazole rings is 1. The molecule has 0 aliphatic rings. The van der Waals surface area contributed by atoms with Gasteiger partial charge in [-0.25, -0.2) is 4.98 Å². The highest BCUT2D eigenvalue weighted by Crippen LogP contribution is 2.25. The lowest BCUT2D eigenvalue weighted by molar-refractivity contribution is -0.117. The van der Waals surface area contributed by atoms with Crippen LogP contribution in [0.25, 0.3) is 11.3 Å². The number of rotatable bonds is 5. The minimum atomic E-state index is -0.466. The second-order valence-electron chi connectivity index (χ2n) is 4.79. The Morgan fingerprint density at radius 3 is 2.67 bits per heavy atom. The van der Waals surface area contributed by atoms with E-state index >= 15 is 0 Å². The lowest BCUT2D eigenvalue weighted by atomic mass is 10.1. The number of hydrogen-bond acceptors (Lipinski definition) is 4. The molecule has 0 spiro atoms. The molecule has 3 N–H and O–H groups in total. The van der Waals surface area contributed by atoms with Crippen LogP contribution in [0.15, 0.2) is 29.6 Å². The van der Waals surface area contributed by atoms with Crippen LogP contribution in [-0.2, 0) is 4.79 Å². The Morgan fingerprint density at radius 1 is 1.38 bits per heavy atom. The van der Waals surface area contributed by atoms with Gasteiger partial charge in [0.2, 0.25) is 5.91 Å². The van der Waals surface area contributed by atoms with Crippen molar-refractivity contribution in [3.8, 4) is 11.3 Å². The van der Waals surface area contributed by atoms with Gasteiger partial charge in [0.25, 0.3) is 0 Å². The third-order valence-electron chi connectivity index (χ3n) is 3.02. The van der Waals surface area contributed by atoms with Gasteiger partial charge in [-0.3, -0.25) is 4.79 Å². The number of aromatic nitrogens is 1. The van der Waals surface area contributed by atoms with E-state index in [0.29, 0.717) is 11.6 Å². The van der Waals surface area contributed by atoms with Crippen molar-refractivity contribution in [1.29, 1.82) is 0 Å². The molecule has 0 aliphatic carbocycles. The fourth-order valence-corrected chi connectivity index (χ4v) is 2.55. The number of hydrogen-bond donors (Lipinski definition) is 2. The number of benzene rings is 1. The molecule has 1 aromatic carbocycles. The van der Waals surface area contributed by atoms with Crippen molar-refractivity contribution in [2.45, 2.75) is 32.7 Å². The zero-order valence-corrected chi connectivity index (χ0v) is 13.8. The summed E-state index contributed by atoms with van der Waals surface area (Å²) in [4.78, 5) is 16.2. The van der Waals surface area contributed by atoms with Crippen LogP contribution in [-0.4, -0.2) is 16.9 Å². The molecule has 4 nitrogen and oxygen atoms in total. The summed E-state index contributed by atoms with van der Waals surface area (Å²) in [5.74, 6) is -0.170. The van der Waals surface area contributed by atoms with E-state index in [1.165, 1.54) is 16.9 Å². The summed E-state index contributed by atoms with van der Waals surface area (Å²) in [5.41, 5.74) is 8.90. The SMILES string of the molecule is CCCC(N)C(=O)Nc1nc(-c2ccc(C)cc2)cs1.Cl. The lowest BCUT2D eigenvalue weighted by Crippen LogP contribution is -2.35. The van der Waals surface area contributed by atoms with Gasteiger partial charge in [0.15, 0.2) is 5.13 Å². The number of nitrogens with two attached hydrogens (primary N) is 1. The average Bonchev–Trinajstić information content (AvgIpc) is 2.88. The fraction of sp³-hybridized carbons (Fsp3) is 0.333. The van der Waals surface area contributed by atoms with Gasteiger partial charge in [-0.1, -0.05) is 43.2 Å². The summed E-state index contributed by atoms with van der Waals surface area (Å²) in [6, 6.07) is 7.68. The molecular weight excluding hydrogens is 306 g/mol. The van der Waals surface area contributed by atoms with Gasteiger partial charge in [0, 0.05) is 10.9 Å². The van der Waals surface area contributed by atoms with Gasteiger partial charge in [-0.05, 0) is 13.3 Å². The van der Waals surface area contributed by atoms with Crippen LogP contribution in [0, 0.1) is 6.92 Å². The molecule has 114 valence electrons. The third-order valence-corrected chi connectivity index (χ3v) is 3.78. The zero-order valence-electron chi connectivity index (χ0n) is 12.1. The molecule has 1 aromatic heterocycles. The Balaban J connectivity index is 0.00000220. The van der Waals surface area contributed by atoms with Crippen molar-refractivity contribution in [2.24, 2.45) is 5.73 Å². The van der Waals surface area contributed by atoms with Crippen LogP contribution < -0.4 is 11.1 Å². The molecule has 0 aliphatic heterocycles. The Morgan fingerprint density at radius 2 is 2.05 bits per heavy atom. The topological polar surface area (TPSA) is 68.0 Å². The van der Waals surface area contributed by atoms with Crippen LogP contribution in [0.2, 0.25) is 0 Å². The molecular formula is C15H20ClN3OS. The standard InChI is InChI=1S/C15H19N3OS.ClH/c1-3-4-12(16)14(19)18-15-17-13(9-20-15)11-7-5-10(2)6-8-11;/h5-9,12H,3-4,16H2,1-2H3,(H,17,18,19);1H. The number of nitrogens with zero attached hydrogens (tertiary/aromatic N) is 1. The zero-order chi connectivity index (χ0) is 14.5. The molecule has 0 fully saturated rings. The van der Waals surface area contributed by atoms with Crippen molar-refractivity contribution in [2.75, 3.05) is 5.32 Å². The van der Waals surface area contributed by atoms with Crippen LogP contribution >= 0.6 is 23.7 Å². The second kappa shape index (κ2) is 8.12. The van der Waals surface area contributed by atoms with E-state index in [1.807, 2.05) is 43.5 Å². The summed E-state index contributed by atoms with van der Waals surface area (Å²) >= 11 is 1.41. The number of nitrogens with one attached hydrogen (secondary N) is 1. The maximum Gasteiger partial charge on any atom is 0.243 e. The van der Waals surface area contributed by atoms with Crippen molar-refractivity contribution >= 4 is 34.8 Å². The van der Waals surface area contributed by atoms with E-state index in [2.05, 4.69) is 10.3 Å². The van der Waals surface area contributed by atoms with E-state index in [4.69, 9.17) is 5.73 Å². The number of halogens is 1. The molecule has 0 saturated carbocycles. The molecule has 2 rings (SSSR count). The first-order chi connectivity index (χ1) is 9.60. The summed E-state index contributed by atoms with van der Waals surface area (Å²) in [7, 11) is 0. The Labute approximate surface area is 135 Å². The van der Waals surface area contributed by atoms with Gasteiger partial charge < -0.3 is 11.1 Å². The van der Waals surface area contributed by atoms with E-state index in [-0.39, 0.29) is 18.3 Å². The smallest absolute Gasteiger partial charge is 0.243 e. The van der Waals surface area contributed by atoms with Crippen molar-refractivity contribution < 1.29 is 4.79 Å². The second-order valence-corrected chi connectivity index (χ2v) is 5.65. The van der Waals surface area contributed by atoms with Crippen molar-refractivity contribution in [3.05, 3.63) is 35.2 Å². The molecule has 2 aromatic rings. The van der Waals surface area contributed by atoms with Gasteiger partial charge in [-0.15, -0.1) is 23.7 Å². The average molecular weight is 326 g/mol. The van der Waals surface area contributed by atoms with E-state index in [9.17, 15) is 4.79 Å². The highest BCUT2D eigenvalue weighted by atomic mass is 35.5. The predicted octanol–water partition coefficient (Wildman–Crippen LogP) is 3.61. The highest BCUT2D eigenvalue weighted by Gasteiger charge is 2.14. The molecule has 0 saturated heterocycles. The third kappa shape index (κ3) is 4.81. The maximum atomic E-state index is 11.8. The van der Waals surface area contributed by atoms with Crippen LogP contribution in [0.4, 0.5) is 5.13 Å². The number of carbonyl (C=O) groups is 1. The Bertz CT molecular complexity index is 583. The van der Waals surface area contributed by atoms with Crippen LogP contribution in [0.3, 0.4) is 0 Å². The summed E-state index contributed by atoms with van der Waals surface area (Å²) in [6.45, 7) is 4.05. The van der Waals surface area contributed by atoms with E-state index in [0.717, 1.165) is 17.7 Å². The number of aryl methyl sites for hydroxylation is 1. The molecule has 0 radical (unpaired) electrons. The molecule has 1 amide bonds. The number of anilines is 1.